The lowest BCUT2D eigenvalue weighted by Crippen LogP contribution is -2.50. The second kappa shape index (κ2) is 8.32. The van der Waals surface area contributed by atoms with Gasteiger partial charge in [-0.1, -0.05) is 11.8 Å². The van der Waals surface area contributed by atoms with Crippen LogP contribution >= 0.6 is 11.8 Å². The molecule has 0 spiro atoms. The molecule has 1 aromatic carbocycles. The molecule has 1 saturated heterocycles. The molecule has 0 N–H and O–H groups in total. The first-order valence-electron chi connectivity index (χ1n) is 9.41. The molecule has 1 aromatic heterocycles. The number of nitro groups is 1. The lowest BCUT2D eigenvalue weighted by atomic mass is 10.3. The fraction of sp³-hybridized carbons (Fsp3) is 0.471. The van der Waals surface area contributed by atoms with E-state index >= 15 is 0 Å². The Morgan fingerprint density at radius 1 is 1.17 bits per heavy atom. The van der Waals surface area contributed by atoms with Crippen LogP contribution in [-0.2, 0) is 14.8 Å². The number of piperazine rings is 1. The number of carbonyl (C=O) groups is 1. The van der Waals surface area contributed by atoms with E-state index in [9.17, 15) is 23.3 Å². The van der Waals surface area contributed by atoms with Gasteiger partial charge in [-0.3, -0.25) is 14.9 Å². The van der Waals surface area contributed by atoms with Gasteiger partial charge in [0.1, 0.15) is 6.33 Å². The van der Waals surface area contributed by atoms with E-state index in [2.05, 4.69) is 10.2 Å². The number of nitro benzene ring substituents is 1. The molecule has 1 amide bonds. The number of carbonyl (C=O) groups excluding carboxylic acids is 1. The average molecular weight is 453 g/mol. The highest BCUT2D eigenvalue weighted by Crippen LogP contribution is 2.37. The number of hydrogen-bond acceptors (Lipinski definition) is 8. The molecule has 0 atom stereocenters. The van der Waals surface area contributed by atoms with Gasteiger partial charge < -0.3 is 9.47 Å². The van der Waals surface area contributed by atoms with E-state index in [4.69, 9.17) is 0 Å². The third kappa shape index (κ3) is 4.32. The molecule has 160 valence electrons. The van der Waals surface area contributed by atoms with Crippen molar-refractivity contribution in [2.75, 3.05) is 31.9 Å². The Kier molecular flexibility index (Phi) is 5.75. The van der Waals surface area contributed by atoms with Crippen LogP contribution in [0.15, 0.2) is 40.6 Å². The van der Waals surface area contributed by atoms with Gasteiger partial charge in [-0.2, -0.15) is 4.31 Å². The van der Waals surface area contributed by atoms with Crippen LogP contribution in [0.1, 0.15) is 18.9 Å². The van der Waals surface area contributed by atoms with E-state index in [0.717, 1.165) is 18.0 Å². The number of thioether (sulfide) groups is 1. The Bertz CT molecular complexity index is 1040. The van der Waals surface area contributed by atoms with E-state index in [1.54, 1.807) is 11.2 Å². The molecule has 4 rings (SSSR count). The van der Waals surface area contributed by atoms with E-state index in [1.165, 1.54) is 40.3 Å². The van der Waals surface area contributed by atoms with Crippen LogP contribution < -0.4 is 0 Å². The van der Waals surface area contributed by atoms with Crippen molar-refractivity contribution in [3.8, 4) is 0 Å². The highest BCUT2D eigenvalue weighted by molar-refractivity contribution is 7.99. The van der Waals surface area contributed by atoms with Crippen LogP contribution in [0, 0.1) is 10.1 Å². The SMILES string of the molecule is O=C(CSc1nncn1C1CC1)N1CCN(S(=O)(=O)c2ccc([N+](=O)[O-])cc2)CC1. The summed E-state index contributed by atoms with van der Waals surface area (Å²) in [5, 5.41) is 19.4. The topological polar surface area (TPSA) is 132 Å². The maximum atomic E-state index is 12.8. The number of amides is 1. The molecule has 2 fully saturated rings. The minimum Gasteiger partial charge on any atom is -0.339 e. The van der Waals surface area contributed by atoms with Crippen LogP contribution in [0.25, 0.3) is 0 Å². The second-order valence-corrected chi connectivity index (χ2v) is 9.96. The monoisotopic (exact) mass is 452 g/mol. The average Bonchev–Trinajstić information content (AvgIpc) is 3.49. The van der Waals surface area contributed by atoms with Crippen molar-refractivity contribution in [1.29, 1.82) is 0 Å². The van der Waals surface area contributed by atoms with Crippen molar-refractivity contribution in [3.05, 3.63) is 40.7 Å². The largest absolute Gasteiger partial charge is 0.339 e. The summed E-state index contributed by atoms with van der Waals surface area (Å²) in [4.78, 5) is 24.3. The number of rotatable bonds is 7. The van der Waals surface area contributed by atoms with E-state index in [1.807, 2.05) is 4.57 Å². The molecule has 11 nitrogen and oxygen atoms in total. The normalized spacial score (nSPS) is 17.8. The predicted octanol–water partition coefficient (Wildman–Crippen LogP) is 1.15. The van der Waals surface area contributed by atoms with Crippen molar-refractivity contribution in [3.63, 3.8) is 0 Å². The summed E-state index contributed by atoms with van der Waals surface area (Å²) in [6, 6.07) is 5.25. The molecule has 1 aliphatic carbocycles. The summed E-state index contributed by atoms with van der Waals surface area (Å²) in [5.41, 5.74) is -0.167. The van der Waals surface area contributed by atoms with Crippen LogP contribution in [-0.4, -0.2) is 75.1 Å². The Labute approximate surface area is 177 Å². The maximum absolute atomic E-state index is 12.8. The van der Waals surface area contributed by atoms with Gasteiger partial charge in [-0.05, 0) is 25.0 Å². The summed E-state index contributed by atoms with van der Waals surface area (Å²) < 4.78 is 28.8. The number of non-ortho nitro benzene ring substituents is 1. The predicted molar refractivity (Wildman–Crippen MR) is 107 cm³/mol. The van der Waals surface area contributed by atoms with Crippen molar-refractivity contribution in [2.24, 2.45) is 0 Å². The summed E-state index contributed by atoms with van der Waals surface area (Å²) in [6.07, 6.45) is 3.89. The van der Waals surface area contributed by atoms with Crippen molar-refractivity contribution in [2.45, 2.75) is 28.9 Å². The first-order valence-corrected chi connectivity index (χ1v) is 11.8. The fourth-order valence-electron chi connectivity index (χ4n) is 3.22. The zero-order chi connectivity index (χ0) is 21.3. The van der Waals surface area contributed by atoms with Gasteiger partial charge in [0.05, 0.1) is 15.6 Å². The molecule has 1 saturated carbocycles. The Morgan fingerprint density at radius 3 is 2.43 bits per heavy atom. The van der Waals surface area contributed by atoms with Gasteiger partial charge in [0.15, 0.2) is 5.16 Å². The van der Waals surface area contributed by atoms with Gasteiger partial charge in [0.25, 0.3) is 5.69 Å². The molecule has 2 aromatic rings. The van der Waals surface area contributed by atoms with Gasteiger partial charge in [0, 0.05) is 44.4 Å². The Balaban J connectivity index is 1.31. The van der Waals surface area contributed by atoms with Crippen LogP contribution in [0.3, 0.4) is 0 Å². The quantitative estimate of drug-likeness (QED) is 0.347. The van der Waals surface area contributed by atoms with Crippen LogP contribution in [0.2, 0.25) is 0 Å². The van der Waals surface area contributed by atoms with Gasteiger partial charge in [-0.25, -0.2) is 8.42 Å². The molecule has 0 radical (unpaired) electrons. The zero-order valence-electron chi connectivity index (χ0n) is 16.0. The highest BCUT2D eigenvalue weighted by atomic mass is 32.2. The van der Waals surface area contributed by atoms with Crippen molar-refractivity contribution in [1.82, 2.24) is 24.0 Å². The van der Waals surface area contributed by atoms with Gasteiger partial charge in [-0.15, -0.1) is 10.2 Å². The van der Waals surface area contributed by atoms with Crippen molar-refractivity contribution < 1.29 is 18.1 Å². The number of benzene rings is 1. The molecule has 0 unspecified atom stereocenters. The molecule has 30 heavy (non-hydrogen) atoms. The smallest absolute Gasteiger partial charge is 0.269 e. The number of aromatic nitrogens is 3. The van der Waals surface area contributed by atoms with Crippen LogP contribution in [0.5, 0.6) is 0 Å². The molecule has 13 heteroatoms. The summed E-state index contributed by atoms with van der Waals surface area (Å²) in [6.45, 7) is 0.934. The van der Waals surface area contributed by atoms with Gasteiger partial charge >= 0.3 is 0 Å². The molecule has 1 aliphatic heterocycles. The minimum absolute atomic E-state index is 0.00263. The number of hydrogen-bond donors (Lipinski definition) is 0. The molecular weight excluding hydrogens is 432 g/mol. The Hall–Kier alpha value is -2.51. The highest BCUT2D eigenvalue weighted by Gasteiger charge is 2.31. The van der Waals surface area contributed by atoms with E-state index < -0.39 is 14.9 Å². The Morgan fingerprint density at radius 2 is 1.83 bits per heavy atom. The zero-order valence-corrected chi connectivity index (χ0v) is 17.6. The third-order valence-electron chi connectivity index (χ3n) is 5.08. The lowest BCUT2D eigenvalue weighted by Gasteiger charge is -2.34. The third-order valence-corrected chi connectivity index (χ3v) is 7.94. The fourth-order valence-corrected chi connectivity index (χ4v) is 5.53. The molecule has 2 heterocycles. The maximum Gasteiger partial charge on any atom is 0.269 e. The number of sulfonamides is 1. The summed E-state index contributed by atoms with van der Waals surface area (Å²) in [7, 11) is -3.76. The number of nitrogens with zero attached hydrogens (tertiary/aromatic N) is 6. The molecule has 2 aliphatic rings. The molecular formula is C17H20N6O5S2. The first-order chi connectivity index (χ1) is 14.4. The molecule has 0 bridgehead atoms. The van der Waals surface area contributed by atoms with E-state index in [-0.39, 0.29) is 35.3 Å². The standard InChI is InChI=1S/C17H20N6O5S2/c24-16(11-29-17-19-18-12-22(17)13-1-2-13)20-7-9-21(10-8-20)30(27,28)15-5-3-14(4-6-15)23(25)26/h3-6,12-13H,1-2,7-11H2. The van der Waals surface area contributed by atoms with E-state index in [0.29, 0.717) is 19.1 Å². The van der Waals surface area contributed by atoms with Crippen molar-refractivity contribution >= 4 is 33.4 Å². The first kappa shape index (κ1) is 20.8. The van der Waals surface area contributed by atoms with Gasteiger partial charge in [0.2, 0.25) is 15.9 Å². The summed E-state index contributed by atoms with van der Waals surface area (Å²) in [5.74, 6) is 0.151. The summed E-state index contributed by atoms with van der Waals surface area (Å²) >= 11 is 1.34. The lowest BCUT2D eigenvalue weighted by molar-refractivity contribution is -0.384. The minimum atomic E-state index is -3.76. The second-order valence-electron chi connectivity index (χ2n) is 7.08. The van der Waals surface area contributed by atoms with Crippen LogP contribution in [0.4, 0.5) is 5.69 Å².